The fraction of sp³-hybridized carbons (Fsp3) is 0.950. The monoisotopic (exact) mass is 422 g/mol. The maximum Gasteiger partial charge on any atom is 0.459 e. The molecule has 0 saturated carbocycles. The van der Waals surface area contributed by atoms with Gasteiger partial charge in [0.2, 0.25) is 0 Å². The standard InChI is InChI=1S/C20H33F7O/c1-2-3-4-5-6-7-8-9-10-11-12-13-14-15-17(28)16-18(21,22)19(23,24)20(25,26)27/h2-16H2,1H3. The highest BCUT2D eigenvalue weighted by Gasteiger charge is 2.72. The van der Waals surface area contributed by atoms with Crippen molar-refractivity contribution in [2.75, 3.05) is 0 Å². The van der Waals surface area contributed by atoms with Crippen molar-refractivity contribution in [2.24, 2.45) is 0 Å². The number of carbonyl (C=O) groups excluding carboxylic acids is 1. The van der Waals surface area contributed by atoms with Crippen LogP contribution in [0.2, 0.25) is 0 Å². The number of ketones is 1. The summed E-state index contributed by atoms with van der Waals surface area (Å²) in [6.45, 7) is 2.18. The summed E-state index contributed by atoms with van der Waals surface area (Å²) in [5.41, 5.74) is 0. The molecule has 0 aromatic rings. The number of halogens is 7. The van der Waals surface area contributed by atoms with Gasteiger partial charge in [0.15, 0.2) is 0 Å². The molecule has 0 aliphatic rings. The molecule has 0 saturated heterocycles. The smallest absolute Gasteiger partial charge is 0.299 e. The Morgan fingerprint density at radius 1 is 0.607 bits per heavy atom. The molecule has 0 N–H and O–H groups in total. The number of carbonyl (C=O) groups is 1. The number of alkyl halides is 7. The van der Waals surface area contributed by atoms with Gasteiger partial charge in [0.25, 0.3) is 0 Å². The summed E-state index contributed by atoms with van der Waals surface area (Å²) in [7, 11) is 0. The quantitative estimate of drug-likeness (QED) is 0.170. The van der Waals surface area contributed by atoms with Crippen molar-refractivity contribution >= 4 is 5.78 Å². The molecule has 0 aliphatic heterocycles. The Balaban J connectivity index is 3.73. The lowest BCUT2D eigenvalue weighted by atomic mass is 10.0. The summed E-state index contributed by atoms with van der Waals surface area (Å²) in [6.07, 6.45) is 4.53. The van der Waals surface area contributed by atoms with E-state index in [2.05, 4.69) is 6.92 Å². The van der Waals surface area contributed by atoms with E-state index in [0.29, 0.717) is 6.42 Å². The molecule has 0 heterocycles. The third-order valence-corrected chi connectivity index (χ3v) is 4.79. The summed E-state index contributed by atoms with van der Waals surface area (Å²) < 4.78 is 87.7. The summed E-state index contributed by atoms with van der Waals surface area (Å²) in [5.74, 6) is -12.9. The average molecular weight is 422 g/mol. The highest BCUT2D eigenvalue weighted by Crippen LogP contribution is 2.48. The predicted molar refractivity (Wildman–Crippen MR) is 95.9 cm³/mol. The zero-order chi connectivity index (χ0) is 21.7. The van der Waals surface area contributed by atoms with Gasteiger partial charge in [0.05, 0.1) is 6.42 Å². The van der Waals surface area contributed by atoms with E-state index in [-0.39, 0.29) is 6.42 Å². The molecule has 0 spiro atoms. The average Bonchev–Trinajstić information content (AvgIpc) is 2.57. The second-order valence-corrected chi connectivity index (χ2v) is 7.48. The first-order chi connectivity index (χ1) is 13.0. The van der Waals surface area contributed by atoms with Crippen LogP contribution in [-0.2, 0) is 4.79 Å². The summed E-state index contributed by atoms with van der Waals surface area (Å²) >= 11 is 0. The van der Waals surface area contributed by atoms with Crippen molar-refractivity contribution in [2.45, 2.75) is 121 Å². The van der Waals surface area contributed by atoms with E-state index in [9.17, 15) is 35.5 Å². The van der Waals surface area contributed by atoms with Crippen LogP contribution in [0.1, 0.15) is 103 Å². The number of unbranched alkanes of at least 4 members (excludes halogenated alkanes) is 12. The maximum atomic E-state index is 13.1. The molecule has 0 unspecified atom stereocenters. The van der Waals surface area contributed by atoms with Crippen molar-refractivity contribution in [1.29, 1.82) is 0 Å². The molecule has 0 aromatic carbocycles. The first-order valence-corrected chi connectivity index (χ1v) is 10.3. The van der Waals surface area contributed by atoms with Crippen LogP contribution in [0, 0.1) is 0 Å². The normalized spacial score (nSPS) is 13.1. The molecule has 0 bridgehead atoms. The highest BCUT2D eigenvalue weighted by atomic mass is 19.4. The zero-order valence-corrected chi connectivity index (χ0v) is 16.7. The van der Waals surface area contributed by atoms with Crippen molar-refractivity contribution in [3.63, 3.8) is 0 Å². The van der Waals surface area contributed by atoms with Crippen LogP contribution >= 0.6 is 0 Å². The minimum absolute atomic E-state index is 0.226. The molecule has 0 aromatic heterocycles. The first kappa shape index (κ1) is 27.2. The molecule has 168 valence electrons. The topological polar surface area (TPSA) is 17.1 Å². The fourth-order valence-corrected chi connectivity index (χ4v) is 2.99. The van der Waals surface area contributed by atoms with Gasteiger partial charge in [-0.25, -0.2) is 0 Å². The third kappa shape index (κ3) is 10.6. The highest BCUT2D eigenvalue weighted by molar-refractivity contribution is 5.79. The fourth-order valence-electron chi connectivity index (χ4n) is 2.99. The minimum atomic E-state index is -6.38. The number of hydrogen-bond donors (Lipinski definition) is 0. The second-order valence-electron chi connectivity index (χ2n) is 7.48. The lowest BCUT2D eigenvalue weighted by Gasteiger charge is -2.27. The lowest BCUT2D eigenvalue weighted by Crippen LogP contribution is -2.52. The van der Waals surface area contributed by atoms with Crippen molar-refractivity contribution in [3.05, 3.63) is 0 Å². The van der Waals surface area contributed by atoms with Crippen molar-refractivity contribution < 1.29 is 35.5 Å². The van der Waals surface area contributed by atoms with E-state index in [1.54, 1.807) is 0 Å². The van der Waals surface area contributed by atoms with Gasteiger partial charge in [-0.05, 0) is 6.42 Å². The number of rotatable bonds is 17. The number of hydrogen-bond acceptors (Lipinski definition) is 1. The second kappa shape index (κ2) is 13.4. The van der Waals surface area contributed by atoms with Crippen molar-refractivity contribution in [1.82, 2.24) is 0 Å². The molecule has 0 fully saturated rings. The van der Waals surface area contributed by atoms with Crippen LogP contribution in [0.15, 0.2) is 0 Å². The molecule has 0 aliphatic carbocycles. The van der Waals surface area contributed by atoms with E-state index in [1.165, 1.54) is 44.9 Å². The van der Waals surface area contributed by atoms with E-state index in [0.717, 1.165) is 25.7 Å². The van der Waals surface area contributed by atoms with Crippen LogP contribution in [0.25, 0.3) is 0 Å². The van der Waals surface area contributed by atoms with Gasteiger partial charge in [0.1, 0.15) is 5.78 Å². The van der Waals surface area contributed by atoms with Crippen LogP contribution < -0.4 is 0 Å². The lowest BCUT2D eigenvalue weighted by molar-refractivity contribution is -0.353. The van der Waals surface area contributed by atoms with Crippen LogP contribution in [0.4, 0.5) is 30.7 Å². The van der Waals surface area contributed by atoms with E-state index in [4.69, 9.17) is 0 Å². The van der Waals surface area contributed by atoms with Crippen LogP contribution in [-0.4, -0.2) is 23.8 Å². The molecular formula is C20H33F7O. The Bertz CT molecular complexity index is 419. The predicted octanol–water partition coefficient (Wildman–Crippen LogP) is 8.26. The van der Waals surface area contributed by atoms with Crippen LogP contribution in [0.5, 0.6) is 0 Å². The van der Waals surface area contributed by atoms with E-state index in [1.807, 2.05) is 0 Å². The molecule has 1 nitrogen and oxygen atoms in total. The largest absolute Gasteiger partial charge is 0.459 e. The molecular weight excluding hydrogens is 389 g/mol. The summed E-state index contributed by atoms with van der Waals surface area (Å²) in [4.78, 5) is 11.4. The SMILES string of the molecule is CCCCCCCCCCCCCCCC(=O)CC(F)(F)C(F)(F)C(F)(F)F. The zero-order valence-electron chi connectivity index (χ0n) is 16.7. The van der Waals surface area contributed by atoms with Gasteiger partial charge in [0, 0.05) is 6.42 Å². The van der Waals surface area contributed by atoms with E-state index >= 15 is 0 Å². The van der Waals surface area contributed by atoms with Crippen molar-refractivity contribution in [3.8, 4) is 0 Å². The Hall–Kier alpha value is -0.820. The third-order valence-electron chi connectivity index (χ3n) is 4.79. The van der Waals surface area contributed by atoms with Gasteiger partial charge >= 0.3 is 18.0 Å². The first-order valence-electron chi connectivity index (χ1n) is 10.3. The van der Waals surface area contributed by atoms with Gasteiger partial charge in [-0.3, -0.25) is 4.79 Å². The van der Waals surface area contributed by atoms with Gasteiger partial charge in [-0.15, -0.1) is 0 Å². The summed E-state index contributed by atoms with van der Waals surface area (Å²) in [6, 6.07) is 0. The van der Waals surface area contributed by atoms with Gasteiger partial charge in [-0.2, -0.15) is 30.7 Å². The Morgan fingerprint density at radius 3 is 1.32 bits per heavy atom. The molecule has 0 radical (unpaired) electrons. The number of Topliss-reactive ketones (excluding diaryl/α,β-unsaturated/α-hetero) is 1. The minimum Gasteiger partial charge on any atom is -0.299 e. The molecule has 0 rings (SSSR count). The molecule has 0 amide bonds. The van der Waals surface area contributed by atoms with E-state index < -0.39 is 36.6 Å². The van der Waals surface area contributed by atoms with Gasteiger partial charge in [-0.1, -0.05) is 84.0 Å². The molecule has 8 heteroatoms. The molecule has 28 heavy (non-hydrogen) atoms. The summed E-state index contributed by atoms with van der Waals surface area (Å²) in [5, 5.41) is 0. The Labute approximate surface area is 163 Å². The Morgan fingerprint density at radius 2 is 0.964 bits per heavy atom. The van der Waals surface area contributed by atoms with Crippen LogP contribution in [0.3, 0.4) is 0 Å². The maximum absolute atomic E-state index is 13.1. The molecule has 0 atom stereocenters. The Kier molecular flexibility index (Phi) is 13.0. The van der Waals surface area contributed by atoms with Gasteiger partial charge < -0.3 is 0 Å².